The molecule has 3 aromatic rings. The van der Waals surface area contributed by atoms with E-state index in [-0.39, 0.29) is 23.4 Å². The Morgan fingerprint density at radius 1 is 1.03 bits per heavy atom. The molecule has 2 atom stereocenters. The number of aromatic nitrogens is 1. The summed E-state index contributed by atoms with van der Waals surface area (Å²) in [6, 6.07) is 18.7. The number of nitrogens with zero attached hydrogens (tertiary/aromatic N) is 2. The van der Waals surface area contributed by atoms with Crippen molar-refractivity contribution in [3.8, 4) is 5.75 Å². The summed E-state index contributed by atoms with van der Waals surface area (Å²) in [5.74, 6) is 1.00. The second kappa shape index (κ2) is 9.39. The molecule has 0 radical (unpaired) electrons. The van der Waals surface area contributed by atoms with Crippen molar-refractivity contribution in [1.82, 2.24) is 9.47 Å². The first kappa shape index (κ1) is 22.3. The molecule has 3 heterocycles. The van der Waals surface area contributed by atoms with Crippen LogP contribution in [-0.2, 0) is 6.54 Å². The van der Waals surface area contributed by atoms with Crippen LogP contribution < -0.4 is 15.6 Å². The molecule has 0 spiro atoms. The molecule has 1 N–H and O–H groups in total. The number of piperidine rings is 1. The normalized spacial score (nSPS) is 19.1. The van der Waals surface area contributed by atoms with Crippen LogP contribution in [0.1, 0.15) is 29.2 Å². The molecule has 2 bridgehead atoms. The largest absolute Gasteiger partial charge is 0.495 e. The fraction of sp³-hybridized carbons (Fsp3) is 0.259. The molecule has 5 rings (SSSR count). The van der Waals surface area contributed by atoms with Gasteiger partial charge in [-0.05, 0) is 60.4 Å². The topological polar surface area (TPSA) is 63.6 Å². The highest BCUT2D eigenvalue weighted by molar-refractivity contribution is 6.30. The molecule has 0 saturated carbocycles. The van der Waals surface area contributed by atoms with Crippen molar-refractivity contribution in [1.29, 1.82) is 0 Å². The molecule has 2 aromatic carbocycles. The van der Waals surface area contributed by atoms with E-state index in [0.717, 1.165) is 17.7 Å². The monoisotopic (exact) mass is 475 g/mol. The van der Waals surface area contributed by atoms with Gasteiger partial charge in [-0.3, -0.25) is 4.79 Å². The van der Waals surface area contributed by atoms with Gasteiger partial charge in [0.25, 0.3) is 5.56 Å². The molecule has 2 aliphatic heterocycles. The van der Waals surface area contributed by atoms with Crippen LogP contribution in [0.15, 0.2) is 65.5 Å². The van der Waals surface area contributed by atoms with Crippen molar-refractivity contribution < 1.29 is 9.53 Å². The molecule has 0 aliphatic carbocycles. The lowest BCUT2D eigenvalue weighted by Gasteiger charge is -2.42. The maximum atomic E-state index is 13.2. The second-order valence-electron chi connectivity index (χ2n) is 8.85. The number of hydrogen-bond donors (Lipinski definition) is 1. The van der Waals surface area contributed by atoms with Gasteiger partial charge in [0.2, 0.25) is 0 Å². The zero-order valence-corrected chi connectivity index (χ0v) is 19.7. The average Bonchev–Trinajstić information content (AvgIpc) is 2.85. The van der Waals surface area contributed by atoms with Crippen molar-refractivity contribution in [2.45, 2.75) is 18.9 Å². The van der Waals surface area contributed by atoms with Crippen molar-refractivity contribution in [2.24, 2.45) is 5.92 Å². The van der Waals surface area contributed by atoms with E-state index in [1.54, 1.807) is 7.11 Å². The van der Waals surface area contributed by atoms with Gasteiger partial charge in [0.15, 0.2) is 0 Å². The van der Waals surface area contributed by atoms with E-state index in [4.69, 9.17) is 16.3 Å². The van der Waals surface area contributed by atoms with Crippen molar-refractivity contribution in [3.05, 3.63) is 92.9 Å². The Kier molecular flexibility index (Phi) is 6.16. The van der Waals surface area contributed by atoms with E-state index in [2.05, 4.69) is 5.32 Å². The van der Waals surface area contributed by atoms with E-state index in [0.29, 0.717) is 41.7 Å². The maximum absolute atomic E-state index is 13.2. The molecule has 0 unspecified atom stereocenters. The van der Waals surface area contributed by atoms with Crippen LogP contribution in [0.3, 0.4) is 0 Å². The molecule has 2 aliphatic rings. The third-order valence-corrected chi connectivity index (χ3v) is 6.85. The van der Waals surface area contributed by atoms with Crippen LogP contribution in [0.2, 0.25) is 5.02 Å². The number of benzene rings is 2. The summed E-state index contributed by atoms with van der Waals surface area (Å²) in [4.78, 5) is 28.1. The Balaban J connectivity index is 1.34. The number of urea groups is 1. The van der Waals surface area contributed by atoms with E-state index in [1.807, 2.05) is 82.3 Å². The zero-order valence-electron chi connectivity index (χ0n) is 18.9. The molecule has 1 aromatic heterocycles. The summed E-state index contributed by atoms with van der Waals surface area (Å²) in [5, 5.41) is 3.66. The number of hydrogen-bond acceptors (Lipinski definition) is 3. The Bertz CT molecular complexity index is 1300. The molecular formula is C27H26ClN3O3. The third kappa shape index (κ3) is 4.46. The molecule has 1 fully saturated rings. The lowest BCUT2D eigenvalue weighted by molar-refractivity contribution is 0.139. The first-order valence-electron chi connectivity index (χ1n) is 11.4. The van der Waals surface area contributed by atoms with Crippen molar-refractivity contribution >= 4 is 35.5 Å². The van der Waals surface area contributed by atoms with Crippen LogP contribution in [0.5, 0.6) is 5.75 Å². The number of pyridine rings is 1. The molecule has 34 heavy (non-hydrogen) atoms. The number of nitrogens with one attached hydrogen (secondary N) is 1. The minimum absolute atomic E-state index is 0.0179. The highest BCUT2D eigenvalue weighted by Gasteiger charge is 2.36. The third-order valence-electron chi connectivity index (χ3n) is 6.59. The predicted molar refractivity (Wildman–Crippen MR) is 136 cm³/mol. The fourth-order valence-corrected chi connectivity index (χ4v) is 5.08. The zero-order chi connectivity index (χ0) is 23.7. The van der Waals surface area contributed by atoms with Gasteiger partial charge < -0.3 is 19.5 Å². The minimum atomic E-state index is -0.141. The summed E-state index contributed by atoms with van der Waals surface area (Å²) >= 11 is 5.95. The van der Waals surface area contributed by atoms with Crippen LogP contribution in [0, 0.1) is 5.92 Å². The van der Waals surface area contributed by atoms with Gasteiger partial charge in [-0.2, -0.15) is 0 Å². The first-order chi connectivity index (χ1) is 16.5. The SMILES string of the molecule is COc1ccccc1NC(=O)N1C[C@H]2C[C@H](C1)c1ccc(C=Cc3ccc(Cl)cc3)c(=O)n1C2. The molecule has 7 heteroatoms. The van der Waals surface area contributed by atoms with E-state index >= 15 is 0 Å². The number of ether oxygens (including phenoxy) is 1. The number of carbonyl (C=O) groups excluding carboxylic acids is 1. The Morgan fingerprint density at radius 3 is 2.62 bits per heavy atom. The Morgan fingerprint density at radius 2 is 1.82 bits per heavy atom. The summed E-state index contributed by atoms with van der Waals surface area (Å²) in [7, 11) is 1.59. The lowest BCUT2D eigenvalue weighted by atomic mass is 9.83. The first-order valence-corrected chi connectivity index (χ1v) is 11.8. The standard InChI is InChI=1S/C27H26ClN3O3/c1-34-25-5-3-2-4-23(25)29-27(33)30-15-19-14-21(17-30)24-13-10-20(26(32)31(24)16-19)9-6-18-7-11-22(28)12-8-18/h2-13,19,21H,14-17H2,1H3,(H,29,33)/t19-,21-/m1/s1. The molecule has 6 nitrogen and oxygen atoms in total. The van der Waals surface area contributed by atoms with Crippen LogP contribution in [-0.4, -0.2) is 35.7 Å². The van der Waals surface area contributed by atoms with Crippen LogP contribution in [0.25, 0.3) is 12.2 Å². The van der Waals surface area contributed by atoms with Gasteiger partial charge in [-0.15, -0.1) is 0 Å². The highest BCUT2D eigenvalue weighted by Crippen LogP contribution is 2.36. The smallest absolute Gasteiger partial charge is 0.321 e. The van der Waals surface area contributed by atoms with Gasteiger partial charge in [0.05, 0.1) is 12.8 Å². The molecule has 2 amide bonds. The number of para-hydroxylation sites is 2. The van der Waals surface area contributed by atoms with Gasteiger partial charge in [-0.1, -0.05) is 41.9 Å². The van der Waals surface area contributed by atoms with Gasteiger partial charge in [0, 0.05) is 41.8 Å². The Labute approximate surface area is 203 Å². The lowest BCUT2D eigenvalue weighted by Crippen LogP contribution is -2.50. The van der Waals surface area contributed by atoms with E-state index < -0.39 is 0 Å². The number of fused-ring (bicyclic) bond motifs is 4. The number of anilines is 1. The second-order valence-corrected chi connectivity index (χ2v) is 9.28. The molecule has 174 valence electrons. The minimum Gasteiger partial charge on any atom is -0.495 e. The van der Waals surface area contributed by atoms with Crippen LogP contribution >= 0.6 is 11.6 Å². The predicted octanol–water partition coefficient (Wildman–Crippen LogP) is 5.33. The van der Waals surface area contributed by atoms with Crippen LogP contribution in [0.4, 0.5) is 10.5 Å². The summed E-state index contributed by atoms with van der Waals surface area (Å²) in [6.07, 6.45) is 4.77. The van der Waals surface area contributed by atoms with E-state index in [9.17, 15) is 9.59 Å². The molecular weight excluding hydrogens is 450 g/mol. The summed E-state index contributed by atoms with van der Waals surface area (Å²) in [5.41, 5.74) is 3.31. The van der Waals surface area contributed by atoms with Gasteiger partial charge in [-0.25, -0.2) is 4.79 Å². The number of likely N-dealkylation sites (tertiary alicyclic amines) is 1. The number of rotatable bonds is 4. The summed E-state index contributed by atoms with van der Waals surface area (Å²) in [6.45, 7) is 1.82. The van der Waals surface area contributed by atoms with Gasteiger partial charge >= 0.3 is 6.03 Å². The number of carbonyl (C=O) groups is 1. The number of halogens is 1. The van der Waals surface area contributed by atoms with Crippen molar-refractivity contribution in [2.75, 3.05) is 25.5 Å². The highest BCUT2D eigenvalue weighted by atomic mass is 35.5. The maximum Gasteiger partial charge on any atom is 0.321 e. The fourth-order valence-electron chi connectivity index (χ4n) is 4.96. The Hall–Kier alpha value is -3.51. The average molecular weight is 476 g/mol. The molecule has 1 saturated heterocycles. The number of amides is 2. The van der Waals surface area contributed by atoms with Gasteiger partial charge in [0.1, 0.15) is 5.75 Å². The van der Waals surface area contributed by atoms with Crippen molar-refractivity contribution in [3.63, 3.8) is 0 Å². The van der Waals surface area contributed by atoms with E-state index in [1.165, 1.54) is 0 Å². The quantitative estimate of drug-likeness (QED) is 0.554. The number of methoxy groups -OCH3 is 1. The summed E-state index contributed by atoms with van der Waals surface area (Å²) < 4.78 is 7.25.